The number of aromatic nitrogens is 1. The second kappa shape index (κ2) is 6.16. The Morgan fingerprint density at radius 1 is 1.30 bits per heavy atom. The Morgan fingerprint density at radius 2 is 2.05 bits per heavy atom. The number of hydrogen-bond acceptors (Lipinski definition) is 3. The molecule has 0 aliphatic carbocycles. The fraction of sp³-hybridized carbons (Fsp3) is 0.200. The first-order chi connectivity index (χ1) is 9.61. The number of nitrogens with one attached hydrogen (secondary N) is 3. The van der Waals surface area contributed by atoms with Gasteiger partial charge in [-0.1, -0.05) is 18.2 Å². The molecule has 5 nitrogen and oxygen atoms in total. The van der Waals surface area contributed by atoms with E-state index in [9.17, 15) is 9.59 Å². The molecule has 3 N–H and O–H groups in total. The molecule has 0 saturated heterocycles. The summed E-state index contributed by atoms with van der Waals surface area (Å²) in [5.74, 6) is -0.408. The van der Waals surface area contributed by atoms with Crippen LogP contribution >= 0.6 is 0 Å². The summed E-state index contributed by atoms with van der Waals surface area (Å²) < 4.78 is 0. The lowest BCUT2D eigenvalue weighted by molar-refractivity contribution is 0.102. The summed E-state index contributed by atoms with van der Waals surface area (Å²) in [5.41, 5.74) is 2.21. The molecule has 0 unspecified atom stereocenters. The van der Waals surface area contributed by atoms with Crippen molar-refractivity contribution in [3.8, 4) is 0 Å². The average molecular weight is 271 g/mol. The first-order valence-electron chi connectivity index (χ1n) is 6.35. The van der Waals surface area contributed by atoms with Crippen molar-refractivity contribution < 1.29 is 4.79 Å². The molecule has 20 heavy (non-hydrogen) atoms. The van der Waals surface area contributed by atoms with E-state index in [0.717, 1.165) is 11.3 Å². The number of carbonyl (C=O) groups is 1. The predicted octanol–water partition coefficient (Wildman–Crippen LogP) is 1.66. The van der Waals surface area contributed by atoms with E-state index in [1.165, 1.54) is 12.3 Å². The topological polar surface area (TPSA) is 74.0 Å². The maximum absolute atomic E-state index is 12.2. The second-order valence-corrected chi connectivity index (χ2v) is 4.54. The van der Waals surface area contributed by atoms with Crippen LogP contribution in [0.2, 0.25) is 0 Å². The molecule has 0 saturated carbocycles. The number of anilines is 1. The van der Waals surface area contributed by atoms with Crippen LogP contribution in [0.15, 0.2) is 41.3 Å². The third-order valence-corrected chi connectivity index (χ3v) is 2.93. The van der Waals surface area contributed by atoms with Crippen molar-refractivity contribution >= 4 is 11.6 Å². The minimum Gasteiger partial charge on any atom is -0.364 e. The van der Waals surface area contributed by atoms with E-state index < -0.39 is 5.91 Å². The number of aryl methyl sites for hydroxylation is 1. The monoisotopic (exact) mass is 271 g/mol. The largest absolute Gasteiger partial charge is 0.364 e. The van der Waals surface area contributed by atoms with Gasteiger partial charge in [-0.15, -0.1) is 0 Å². The minimum atomic E-state index is -0.408. The predicted molar refractivity (Wildman–Crippen MR) is 79.0 cm³/mol. The molecule has 1 amide bonds. The molecule has 0 radical (unpaired) electrons. The third kappa shape index (κ3) is 3.13. The fourth-order valence-corrected chi connectivity index (χ4v) is 1.93. The van der Waals surface area contributed by atoms with Crippen LogP contribution in [0.4, 0.5) is 5.69 Å². The quantitative estimate of drug-likeness (QED) is 0.791. The van der Waals surface area contributed by atoms with E-state index in [0.29, 0.717) is 12.2 Å². The Balaban J connectivity index is 2.26. The average Bonchev–Trinajstić information content (AvgIpc) is 2.41. The van der Waals surface area contributed by atoms with Gasteiger partial charge in [-0.2, -0.15) is 0 Å². The lowest BCUT2D eigenvalue weighted by atomic mass is 10.1. The zero-order valence-corrected chi connectivity index (χ0v) is 11.5. The Labute approximate surface area is 117 Å². The third-order valence-electron chi connectivity index (χ3n) is 2.93. The van der Waals surface area contributed by atoms with E-state index in [-0.39, 0.29) is 11.0 Å². The van der Waals surface area contributed by atoms with Crippen molar-refractivity contribution in [1.82, 2.24) is 10.3 Å². The number of para-hydroxylation sites is 1. The number of carbonyl (C=O) groups excluding carboxylic acids is 1. The van der Waals surface area contributed by atoms with Crippen LogP contribution in [-0.4, -0.2) is 17.9 Å². The first-order valence-corrected chi connectivity index (χ1v) is 6.35. The highest BCUT2D eigenvalue weighted by molar-refractivity contribution is 6.04. The highest BCUT2D eigenvalue weighted by atomic mass is 16.2. The number of benzene rings is 1. The molecule has 0 atom stereocenters. The molecule has 104 valence electrons. The van der Waals surface area contributed by atoms with Gasteiger partial charge in [-0.05, 0) is 25.6 Å². The Bertz CT molecular complexity index is 677. The SMILES string of the molecule is CNCc1ccccc1NC(=O)c1c[nH]c(C)cc1=O. The number of pyridine rings is 1. The molecule has 1 heterocycles. The van der Waals surface area contributed by atoms with Crippen molar-refractivity contribution in [2.75, 3.05) is 12.4 Å². The minimum absolute atomic E-state index is 0.106. The van der Waals surface area contributed by atoms with E-state index in [1.54, 1.807) is 6.92 Å². The van der Waals surface area contributed by atoms with Crippen LogP contribution in [0.1, 0.15) is 21.6 Å². The summed E-state index contributed by atoms with van der Waals surface area (Å²) >= 11 is 0. The smallest absolute Gasteiger partial charge is 0.261 e. The van der Waals surface area contributed by atoms with E-state index in [1.807, 2.05) is 31.3 Å². The molecule has 0 aliphatic heterocycles. The van der Waals surface area contributed by atoms with Gasteiger partial charge in [0.1, 0.15) is 5.56 Å². The lowest BCUT2D eigenvalue weighted by Crippen LogP contribution is -2.22. The number of amides is 1. The summed E-state index contributed by atoms with van der Waals surface area (Å²) in [7, 11) is 1.84. The van der Waals surface area contributed by atoms with Crippen LogP contribution < -0.4 is 16.1 Å². The van der Waals surface area contributed by atoms with Crippen molar-refractivity contribution in [3.05, 3.63) is 63.6 Å². The van der Waals surface area contributed by atoms with Gasteiger partial charge < -0.3 is 15.6 Å². The van der Waals surface area contributed by atoms with Gasteiger partial charge in [-0.25, -0.2) is 0 Å². The van der Waals surface area contributed by atoms with Gasteiger partial charge in [-0.3, -0.25) is 9.59 Å². The normalized spacial score (nSPS) is 10.3. The summed E-state index contributed by atoms with van der Waals surface area (Å²) in [5, 5.41) is 5.81. The summed E-state index contributed by atoms with van der Waals surface area (Å²) in [6.45, 7) is 2.41. The molecule has 1 aromatic heterocycles. The van der Waals surface area contributed by atoms with Crippen LogP contribution in [-0.2, 0) is 6.54 Å². The number of rotatable bonds is 4. The molecule has 2 aromatic rings. The zero-order chi connectivity index (χ0) is 14.5. The molecule has 0 fully saturated rings. The van der Waals surface area contributed by atoms with Crippen molar-refractivity contribution in [2.45, 2.75) is 13.5 Å². The molecular formula is C15H17N3O2. The van der Waals surface area contributed by atoms with Gasteiger partial charge in [0.05, 0.1) is 0 Å². The van der Waals surface area contributed by atoms with Gasteiger partial charge in [0.25, 0.3) is 5.91 Å². The number of H-pyrrole nitrogens is 1. The summed E-state index contributed by atoms with van der Waals surface area (Å²) in [4.78, 5) is 26.8. The lowest BCUT2D eigenvalue weighted by Gasteiger charge is -2.10. The highest BCUT2D eigenvalue weighted by Gasteiger charge is 2.12. The maximum Gasteiger partial charge on any atom is 0.261 e. The highest BCUT2D eigenvalue weighted by Crippen LogP contribution is 2.15. The molecule has 2 rings (SSSR count). The molecule has 0 aliphatic rings. The van der Waals surface area contributed by atoms with Crippen LogP contribution in [0.3, 0.4) is 0 Å². The Kier molecular flexibility index (Phi) is 4.32. The van der Waals surface area contributed by atoms with E-state index in [4.69, 9.17) is 0 Å². The Hall–Kier alpha value is -2.40. The molecule has 0 spiro atoms. The van der Waals surface area contributed by atoms with E-state index in [2.05, 4.69) is 15.6 Å². The maximum atomic E-state index is 12.2. The van der Waals surface area contributed by atoms with Crippen LogP contribution in [0, 0.1) is 6.92 Å². The van der Waals surface area contributed by atoms with Crippen LogP contribution in [0.25, 0.3) is 0 Å². The molecular weight excluding hydrogens is 254 g/mol. The van der Waals surface area contributed by atoms with E-state index >= 15 is 0 Å². The standard InChI is InChI=1S/C15H17N3O2/c1-10-7-14(19)12(9-17-10)15(20)18-13-6-4-3-5-11(13)8-16-2/h3-7,9,16H,8H2,1-2H3,(H,17,19)(H,18,20). The first kappa shape index (κ1) is 14.0. The number of aromatic amines is 1. The van der Waals surface area contributed by atoms with Crippen molar-refractivity contribution in [1.29, 1.82) is 0 Å². The zero-order valence-electron chi connectivity index (χ0n) is 11.5. The second-order valence-electron chi connectivity index (χ2n) is 4.54. The molecule has 0 bridgehead atoms. The summed E-state index contributed by atoms with van der Waals surface area (Å²) in [6, 6.07) is 8.89. The fourth-order valence-electron chi connectivity index (χ4n) is 1.93. The van der Waals surface area contributed by atoms with Crippen molar-refractivity contribution in [2.24, 2.45) is 0 Å². The van der Waals surface area contributed by atoms with Crippen LogP contribution in [0.5, 0.6) is 0 Å². The molecule has 1 aromatic carbocycles. The van der Waals surface area contributed by atoms with Gasteiger partial charge in [0.15, 0.2) is 5.43 Å². The molecule has 5 heteroatoms. The number of hydrogen-bond donors (Lipinski definition) is 3. The van der Waals surface area contributed by atoms with Gasteiger partial charge in [0.2, 0.25) is 0 Å². The Morgan fingerprint density at radius 3 is 2.75 bits per heavy atom. The van der Waals surface area contributed by atoms with Gasteiger partial charge >= 0.3 is 0 Å². The van der Waals surface area contributed by atoms with Gasteiger partial charge in [0, 0.05) is 30.2 Å². The van der Waals surface area contributed by atoms with Crippen molar-refractivity contribution in [3.63, 3.8) is 0 Å². The summed E-state index contributed by atoms with van der Waals surface area (Å²) in [6.07, 6.45) is 1.44.